The summed E-state index contributed by atoms with van der Waals surface area (Å²) in [6.45, 7) is 9.03. The number of esters is 2. The molecule has 1 atom stereocenters. The van der Waals surface area contributed by atoms with Crippen molar-refractivity contribution in [3.63, 3.8) is 0 Å². The minimum atomic E-state index is -0.960. The SMILES string of the molecule is Cc1[nH]c(C(=O)OC(C)C(=O)N2CCCc3ccccc32)c(C)c1C(=O)OC(C)C. The first-order valence-corrected chi connectivity index (χ1v) is 10.2. The third-order valence-electron chi connectivity index (χ3n) is 5.20. The van der Waals surface area contributed by atoms with Gasteiger partial charge in [-0.25, -0.2) is 9.59 Å². The summed E-state index contributed by atoms with van der Waals surface area (Å²) < 4.78 is 10.7. The van der Waals surface area contributed by atoms with Crippen molar-refractivity contribution in [2.24, 2.45) is 0 Å². The number of hydrogen-bond acceptors (Lipinski definition) is 5. The van der Waals surface area contributed by atoms with Gasteiger partial charge in [0.15, 0.2) is 6.10 Å². The number of rotatable bonds is 5. The van der Waals surface area contributed by atoms with Gasteiger partial charge >= 0.3 is 11.9 Å². The summed E-state index contributed by atoms with van der Waals surface area (Å²) in [5.74, 6) is -1.44. The topological polar surface area (TPSA) is 88.7 Å². The molecule has 1 unspecified atom stereocenters. The molecule has 1 aliphatic rings. The van der Waals surface area contributed by atoms with Gasteiger partial charge < -0.3 is 19.4 Å². The Balaban J connectivity index is 1.75. The molecule has 0 spiro atoms. The van der Waals surface area contributed by atoms with E-state index >= 15 is 0 Å². The summed E-state index contributed by atoms with van der Waals surface area (Å²) in [5.41, 5.74) is 3.42. The zero-order chi connectivity index (χ0) is 22.0. The van der Waals surface area contributed by atoms with Gasteiger partial charge in [-0.2, -0.15) is 0 Å². The number of carbonyl (C=O) groups excluding carboxylic acids is 3. The van der Waals surface area contributed by atoms with E-state index in [1.165, 1.54) is 0 Å². The highest BCUT2D eigenvalue weighted by atomic mass is 16.6. The molecule has 0 radical (unpaired) electrons. The summed E-state index contributed by atoms with van der Waals surface area (Å²) in [6, 6.07) is 7.76. The number of benzene rings is 1. The lowest BCUT2D eigenvalue weighted by Crippen LogP contribution is -2.42. The molecule has 0 bridgehead atoms. The quantitative estimate of drug-likeness (QED) is 0.756. The summed E-state index contributed by atoms with van der Waals surface area (Å²) >= 11 is 0. The first-order valence-electron chi connectivity index (χ1n) is 10.2. The molecular formula is C23H28N2O5. The highest BCUT2D eigenvalue weighted by molar-refractivity contribution is 6.01. The fourth-order valence-corrected chi connectivity index (χ4v) is 3.79. The number of ether oxygens (including phenoxy) is 2. The van der Waals surface area contributed by atoms with E-state index in [9.17, 15) is 14.4 Å². The van der Waals surface area contributed by atoms with Crippen LogP contribution in [0.2, 0.25) is 0 Å². The van der Waals surface area contributed by atoms with Crippen molar-refractivity contribution in [1.82, 2.24) is 4.98 Å². The number of amides is 1. The second kappa shape index (κ2) is 8.73. The predicted molar refractivity (Wildman–Crippen MR) is 113 cm³/mol. The molecule has 0 aliphatic carbocycles. The lowest BCUT2D eigenvalue weighted by molar-refractivity contribution is -0.126. The van der Waals surface area contributed by atoms with Gasteiger partial charge in [0.1, 0.15) is 5.69 Å². The Morgan fingerprint density at radius 3 is 2.43 bits per heavy atom. The lowest BCUT2D eigenvalue weighted by atomic mass is 10.0. The van der Waals surface area contributed by atoms with Crippen LogP contribution in [0.4, 0.5) is 5.69 Å². The molecule has 1 aromatic carbocycles. The number of anilines is 1. The molecule has 1 amide bonds. The zero-order valence-corrected chi connectivity index (χ0v) is 18.1. The van der Waals surface area contributed by atoms with E-state index < -0.39 is 18.0 Å². The van der Waals surface area contributed by atoms with Crippen LogP contribution in [-0.2, 0) is 20.7 Å². The van der Waals surface area contributed by atoms with Crippen LogP contribution in [0, 0.1) is 13.8 Å². The van der Waals surface area contributed by atoms with Crippen LogP contribution in [0.5, 0.6) is 0 Å². The summed E-state index contributed by atoms with van der Waals surface area (Å²) in [6.07, 6.45) is 0.550. The van der Waals surface area contributed by atoms with Gasteiger partial charge in [-0.3, -0.25) is 4.79 Å². The fraction of sp³-hybridized carbons (Fsp3) is 0.435. The lowest BCUT2D eigenvalue weighted by Gasteiger charge is -2.31. The molecule has 3 rings (SSSR count). The van der Waals surface area contributed by atoms with Gasteiger partial charge in [0.2, 0.25) is 0 Å². The number of aromatic amines is 1. The monoisotopic (exact) mass is 412 g/mol. The van der Waals surface area contributed by atoms with Gasteiger partial charge in [0.25, 0.3) is 5.91 Å². The molecule has 0 saturated carbocycles. The van der Waals surface area contributed by atoms with Crippen LogP contribution >= 0.6 is 0 Å². The Bertz CT molecular complexity index is 976. The first kappa shape index (κ1) is 21.6. The number of nitrogens with zero attached hydrogens (tertiary/aromatic N) is 1. The van der Waals surface area contributed by atoms with E-state index in [2.05, 4.69) is 4.98 Å². The maximum absolute atomic E-state index is 13.0. The Labute approximate surface area is 176 Å². The third-order valence-corrected chi connectivity index (χ3v) is 5.20. The highest BCUT2D eigenvalue weighted by Crippen LogP contribution is 2.28. The van der Waals surface area contributed by atoms with Crippen LogP contribution in [0.15, 0.2) is 24.3 Å². The van der Waals surface area contributed by atoms with Crippen molar-refractivity contribution >= 4 is 23.5 Å². The third kappa shape index (κ3) is 4.25. The molecular weight excluding hydrogens is 384 g/mol. The normalized spacial score (nSPS) is 14.3. The number of aryl methyl sites for hydroxylation is 2. The average molecular weight is 412 g/mol. The van der Waals surface area contributed by atoms with Gasteiger partial charge in [0.05, 0.1) is 11.7 Å². The van der Waals surface area contributed by atoms with Crippen molar-refractivity contribution in [3.8, 4) is 0 Å². The Morgan fingerprint density at radius 2 is 1.73 bits per heavy atom. The van der Waals surface area contributed by atoms with Gasteiger partial charge in [-0.15, -0.1) is 0 Å². The summed E-state index contributed by atoms with van der Waals surface area (Å²) in [7, 11) is 0. The van der Waals surface area contributed by atoms with E-state index in [-0.39, 0.29) is 17.7 Å². The van der Waals surface area contributed by atoms with Gasteiger partial charge in [-0.1, -0.05) is 18.2 Å². The molecule has 30 heavy (non-hydrogen) atoms. The largest absolute Gasteiger partial charge is 0.459 e. The number of aromatic nitrogens is 1. The highest BCUT2D eigenvalue weighted by Gasteiger charge is 2.30. The molecule has 1 aromatic heterocycles. The Morgan fingerprint density at radius 1 is 1.03 bits per heavy atom. The number of H-pyrrole nitrogens is 1. The van der Waals surface area contributed by atoms with Crippen molar-refractivity contribution < 1.29 is 23.9 Å². The minimum absolute atomic E-state index is 0.155. The van der Waals surface area contributed by atoms with Crippen LogP contribution in [-0.4, -0.2) is 41.6 Å². The van der Waals surface area contributed by atoms with Crippen LogP contribution in [0.1, 0.15) is 64.9 Å². The van der Waals surface area contributed by atoms with E-state index in [0.29, 0.717) is 23.4 Å². The molecule has 0 fully saturated rings. The summed E-state index contributed by atoms with van der Waals surface area (Å²) in [5, 5.41) is 0. The molecule has 7 nitrogen and oxygen atoms in total. The van der Waals surface area contributed by atoms with E-state index in [1.807, 2.05) is 24.3 Å². The average Bonchev–Trinajstić information content (AvgIpc) is 3.00. The number of nitrogens with one attached hydrogen (secondary N) is 1. The van der Waals surface area contributed by atoms with Crippen molar-refractivity contribution in [1.29, 1.82) is 0 Å². The molecule has 2 aromatic rings. The number of carbonyl (C=O) groups is 3. The molecule has 7 heteroatoms. The summed E-state index contributed by atoms with van der Waals surface area (Å²) in [4.78, 5) is 42.6. The van der Waals surface area contributed by atoms with Crippen LogP contribution in [0.3, 0.4) is 0 Å². The molecule has 1 aliphatic heterocycles. The number of para-hydroxylation sites is 1. The standard InChI is InChI=1S/C23H28N2O5/c1-13(2)29-22(27)19-14(3)20(24-15(19)4)23(28)30-16(5)21(26)25-12-8-10-17-9-6-7-11-18(17)25/h6-7,9,11,13,16,24H,8,10,12H2,1-5H3. The van der Waals surface area contributed by atoms with Crippen molar-refractivity contribution in [2.75, 3.05) is 11.4 Å². The van der Waals surface area contributed by atoms with E-state index in [0.717, 1.165) is 24.1 Å². The fourth-order valence-electron chi connectivity index (χ4n) is 3.79. The molecule has 160 valence electrons. The maximum atomic E-state index is 13.0. The van der Waals surface area contributed by atoms with E-state index in [1.54, 1.807) is 39.5 Å². The Hall–Kier alpha value is -3.09. The molecule has 0 saturated heterocycles. The smallest absolute Gasteiger partial charge is 0.355 e. The first-order chi connectivity index (χ1) is 14.2. The molecule has 1 N–H and O–H groups in total. The number of hydrogen-bond donors (Lipinski definition) is 1. The maximum Gasteiger partial charge on any atom is 0.355 e. The second-order valence-electron chi connectivity index (χ2n) is 7.85. The van der Waals surface area contributed by atoms with E-state index in [4.69, 9.17) is 9.47 Å². The number of fused-ring (bicyclic) bond motifs is 1. The Kier molecular flexibility index (Phi) is 6.29. The second-order valence-corrected chi connectivity index (χ2v) is 7.85. The predicted octanol–water partition coefficient (Wildman–Crippen LogP) is 3.72. The minimum Gasteiger partial charge on any atom is -0.459 e. The van der Waals surface area contributed by atoms with Gasteiger partial charge in [-0.05, 0) is 64.7 Å². The van der Waals surface area contributed by atoms with Crippen molar-refractivity contribution in [2.45, 2.75) is 59.7 Å². The zero-order valence-electron chi connectivity index (χ0n) is 18.1. The van der Waals surface area contributed by atoms with Crippen LogP contribution in [0.25, 0.3) is 0 Å². The van der Waals surface area contributed by atoms with Crippen molar-refractivity contribution in [3.05, 3.63) is 52.3 Å². The van der Waals surface area contributed by atoms with Crippen LogP contribution < -0.4 is 4.90 Å². The van der Waals surface area contributed by atoms with Gasteiger partial charge in [0, 0.05) is 17.9 Å². The molecule has 2 heterocycles.